The lowest BCUT2D eigenvalue weighted by Crippen LogP contribution is -2.53. The van der Waals surface area contributed by atoms with Crippen LogP contribution < -0.4 is 0 Å². The van der Waals surface area contributed by atoms with Crippen molar-refractivity contribution in [1.82, 2.24) is 0 Å². The van der Waals surface area contributed by atoms with Crippen molar-refractivity contribution in [2.24, 2.45) is 0 Å². The molecule has 0 aliphatic heterocycles. The number of rotatable bonds is 5. The number of alkyl halides is 8. The molecule has 0 heterocycles. The smallest absolute Gasteiger partial charge is 0.281 e. The number of halogens is 8. The van der Waals surface area contributed by atoms with Gasteiger partial charge in [0.25, 0.3) is 0 Å². The first-order valence-electron chi connectivity index (χ1n) is 3.24. The summed E-state index contributed by atoms with van der Waals surface area (Å²) in [4.78, 5) is 0. The SMILES string of the molecule is O=S(=O)(O)C(F)(F)C(F)(F)OC(F)(F)C(F)F. The molecule has 17 heavy (non-hydrogen) atoms. The number of hydrogen-bond acceptors (Lipinski definition) is 3. The third kappa shape index (κ3) is 3.16. The van der Waals surface area contributed by atoms with E-state index in [0.717, 1.165) is 0 Å². The van der Waals surface area contributed by atoms with E-state index in [4.69, 9.17) is 4.55 Å². The van der Waals surface area contributed by atoms with Gasteiger partial charge in [0.15, 0.2) is 0 Å². The summed E-state index contributed by atoms with van der Waals surface area (Å²) in [5.74, 6) is 0. The molecule has 0 amide bonds. The van der Waals surface area contributed by atoms with E-state index in [1.54, 1.807) is 4.74 Å². The summed E-state index contributed by atoms with van der Waals surface area (Å²) in [5.41, 5.74) is 0. The molecule has 4 nitrogen and oxygen atoms in total. The van der Waals surface area contributed by atoms with Crippen molar-refractivity contribution in [2.75, 3.05) is 0 Å². The van der Waals surface area contributed by atoms with E-state index >= 15 is 0 Å². The van der Waals surface area contributed by atoms with Crippen LogP contribution in [-0.4, -0.2) is 36.9 Å². The Morgan fingerprint density at radius 1 is 1.00 bits per heavy atom. The Hall–Kier alpha value is -0.690. The van der Waals surface area contributed by atoms with Crippen LogP contribution in [0.15, 0.2) is 0 Å². The zero-order valence-electron chi connectivity index (χ0n) is 7.18. The first kappa shape index (κ1) is 16.3. The van der Waals surface area contributed by atoms with Gasteiger partial charge in [-0.2, -0.15) is 34.8 Å². The standard InChI is InChI=1S/C4H2F8O4S/c5-1(6)2(7,8)16-3(9,10)4(11,12)17(13,14)15/h1H,(H,13,14,15). The highest BCUT2D eigenvalue weighted by atomic mass is 32.2. The third-order valence-electron chi connectivity index (χ3n) is 1.18. The van der Waals surface area contributed by atoms with E-state index in [1.165, 1.54) is 0 Å². The topological polar surface area (TPSA) is 63.6 Å². The van der Waals surface area contributed by atoms with Gasteiger partial charge in [-0.1, -0.05) is 0 Å². The van der Waals surface area contributed by atoms with Gasteiger partial charge in [0.2, 0.25) is 0 Å². The van der Waals surface area contributed by atoms with Gasteiger partial charge in [0, 0.05) is 0 Å². The average Bonchev–Trinajstić information content (AvgIpc) is 1.98. The monoisotopic (exact) mass is 298 g/mol. The Kier molecular flexibility index (Phi) is 4.03. The first-order chi connectivity index (χ1) is 7.15. The molecule has 0 aromatic rings. The summed E-state index contributed by atoms with van der Waals surface area (Å²) in [6, 6.07) is 0. The molecule has 0 saturated carbocycles. The fourth-order valence-electron chi connectivity index (χ4n) is 0.425. The van der Waals surface area contributed by atoms with E-state index in [1.807, 2.05) is 0 Å². The molecule has 0 aliphatic carbocycles. The van der Waals surface area contributed by atoms with Crippen molar-refractivity contribution in [1.29, 1.82) is 0 Å². The molecule has 0 spiro atoms. The molecule has 104 valence electrons. The van der Waals surface area contributed by atoms with Crippen molar-refractivity contribution in [2.45, 2.75) is 23.9 Å². The van der Waals surface area contributed by atoms with Crippen molar-refractivity contribution in [3.63, 3.8) is 0 Å². The van der Waals surface area contributed by atoms with Crippen LogP contribution in [0.2, 0.25) is 0 Å². The molecule has 0 unspecified atom stereocenters. The van der Waals surface area contributed by atoms with Crippen LogP contribution in [0, 0.1) is 0 Å². The highest BCUT2D eigenvalue weighted by Gasteiger charge is 2.71. The summed E-state index contributed by atoms with van der Waals surface area (Å²) in [5, 5.41) is -6.52. The van der Waals surface area contributed by atoms with Gasteiger partial charge in [-0.25, -0.2) is 13.5 Å². The molecule has 0 aromatic carbocycles. The van der Waals surface area contributed by atoms with Crippen LogP contribution in [-0.2, 0) is 14.9 Å². The second-order valence-corrected chi connectivity index (χ2v) is 3.94. The predicted molar refractivity (Wildman–Crippen MR) is 33.5 cm³/mol. The van der Waals surface area contributed by atoms with E-state index in [-0.39, 0.29) is 0 Å². The Labute approximate surface area is 87.9 Å². The maximum atomic E-state index is 12.2. The molecule has 0 aromatic heterocycles. The van der Waals surface area contributed by atoms with Gasteiger partial charge in [-0.05, 0) is 0 Å². The average molecular weight is 298 g/mol. The lowest BCUT2D eigenvalue weighted by Gasteiger charge is -2.26. The molecule has 0 radical (unpaired) electrons. The van der Waals surface area contributed by atoms with Crippen LogP contribution in [0.25, 0.3) is 0 Å². The Bertz CT molecular complexity index is 375. The zero-order valence-corrected chi connectivity index (χ0v) is 8.00. The van der Waals surface area contributed by atoms with Crippen molar-refractivity contribution in [3.05, 3.63) is 0 Å². The number of hydrogen-bond donors (Lipinski definition) is 1. The summed E-state index contributed by atoms with van der Waals surface area (Å²) in [6.45, 7) is 0. The largest absolute Gasteiger partial charge is 0.460 e. The Morgan fingerprint density at radius 3 is 1.59 bits per heavy atom. The molecule has 0 fully saturated rings. The van der Waals surface area contributed by atoms with E-state index in [0.29, 0.717) is 0 Å². The van der Waals surface area contributed by atoms with Gasteiger partial charge in [0.1, 0.15) is 0 Å². The zero-order chi connectivity index (χ0) is 14.3. The Balaban J connectivity index is 5.32. The van der Waals surface area contributed by atoms with E-state index in [9.17, 15) is 43.5 Å². The summed E-state index contributed by atoms with van der Waals surface area (Å²) in [6.07, 6.45) is -17.5. The molecule has 0 saturated heterocycles. The van der Waals surface area contributed by atoms with E-state index in [2.05, 4.69) is 0 Å². The van der Waals surface area contributed by atoms with E-state index < -0.39 is 34.0 Å². The molecular weight excluding hydrogens is 296 g/mol. The van der Waals surface area contributed by atoms with Gasteiger partial charge in [0.05, 0.1) is 0 Å². The summed E-state index contributed by atoms with van der Waals surface area (Å²) >= 11 is 0. The lowest BCUT2D eigenvalue weighted by molar-refractivity contribution is -0.435. The molecule has 1 N–H and O–H groups in total. The molecule has 0 atom stereocenters. The second-order valence-electron chi connectivity index (χ2n) is 2.47. The highest BCUT2D eigenvalue weighted by molar-refractivity contribution is 7.86. The van der Waals surface area contributed by atoms with Crippen LogP contribution >= 0.6 is 0 Å². The molecule has 0 aliphatic rings. The van der Waals surface area contributed by atoms with Gasteiger partial charge >= 0.3 is 34.0 Å². The minimum absolute atomic E-state index is 1.77. The predicted octanol–water partition coefficient (Wildman–Crippen LogP) is 1.93. The summed E-state index contributed by atoms with van der Waals surface area (Å²) < 4.78 is 124. The molecule has 0 rings (SSSR count). The Morgan fingerprint density at radius 2 is 1.35 bits per heavy atom. The maximum absolute atomic E-state index is 12.2. The minimum Gasteiger partial charge on any atom is -0.281 e. The third-order valence-corrected chi connectivity index (χ3v) is 2.07. The van der Waals surface area contributed by atoms with Crippen molar-refractivity contribution >= 4 is 10.1 Å². The van der Waals surface area contributed by atoms with Crippen molar-refractivity contribution < 1.29 is 52.8 Å². The lowest BCUT2D eigenvalue weighted by atomic mass is 10.6. The van der Waals surface area contributed by atoms with Crippen LogP contribution in [0.5, 0.6) is 0 Å². The second kappa shape index (κ2) is 4.20. The summed E-state index contributed by atoms with van der Waals surface area (Å²) in [7, 11) is -6.84. The molecular formula is C4H2F8O4S. The maximum Gasteiger partial charge on any atom is 0.460 e. The van der Waals surface area contributed by atoms with Crippen LogP contribution in [0.1, 0.15) is 0 Å². The quantitative estimate of drug-likeness (QED) is 0.622. The fraction of sp³-hybridized carbons (Fsp3) is 1.00. The molecule has 13 heteroatoms. The fourth-order valence-corrected chi connectivity index (χ4v) is 0.767. The number of ether oxygens (including phenoxy) is 1. The van der Waals surface area contributed by atoms with Gasteiger partial charge in [-0.15, -0.1) is 0 Å². The van der Waals surface area contributed by atoms with Crippen LogP contribution in [0.4, 0.5) is 35.1 Å². The minimum atomic E-state index is -6.84. The van der Waals surface area contributed by atoms with Crippen LogP contribution in [0.3, 0.4) is 0 Å². The van der Waals surface area contributed by atoms with Gasteiger partial charge in [-0.3, -0.25) is 4.55 Å². The molecule has 0 bridgehead atoms. The van der Waals surface area contributed by atoms with Crippen molar-refractivity contribution in [3.8, 4) is 0 Å². The van der Waals surface area contributed by atoms with Gasteiger partial charge < -0.3 is 0 Å². The first-order valence-corrected chi connectivity index (χ1v) is 4.68. The normalized spacial score (nSPS) is 15.4. The highest BCUT2D eigenvalue weighted by Crippen LogP contribution is 2.43.